The number of fused-ring (bicyclic) bond motifs is 6. The van der Waals surface area contributed by atoms with Crippen molar-refractivity contribution in [1.82, 2.24) is 0 Å². The minimum Gasteiger partial charge on any atom is -0.507 e. The highest BCUT2D eigenvalue weighted by molar-refractivity contribution is 14.1. The SMILES string of the molecule is O=C1OC2(c3cc(I)c(O)cc3Oc3c2cc(I)c(O)c3I)c2c(Br)c(Br)c(Br)c(Br)c21. The first kappa shape index (κ1) is 24.3. The molecule has 2 N–H and O–H groups in total. The van der Waals surface area contributed by atoms with Crippen molar-refractivity contribution in [3.05, 3.63) is 69.1 Å². The Hall–Kier alpha value is 0.640. The van der Waals surface area contributed by atoms with E-state index in [1.165, 1.54) is 6.07 Å². The number of carbonyl (C=O) groups excluding carboxylic acids is 1. The first-order valence-corrected chi connectivity index (χ1v) is 14.9. The average Bonchev–Trinajstić information content (AvgIpc) is 3.05. The topological polar surface area (TPSA) is 76.0 Å². The summed E-state index contributed by atoms with van der Waals surface area (Å²) in [6, 6.07) is 5.00. The van der Waals surface area contributed by atoms with Crippen LogP contribution in [0, 0.1) is 10.7 Å². The van der Waals surface area contributed by atoms with Crippen LogP contribution in [-0.2, 0) is 10.3 Å². The molecule has 0 aromatic heterocycles. The molecule has 164 valence electrons. The number of hydrogen-bond donors (Lipinski definition) is 2. The summed E-state index contributed by atoms with van der Waals surface area (Å²) in [4.78, 5) is 13.3. The Morgan fingerprint density at radius 2 is 1.47 bits per heavy atom. The van der Waals surface area contributed by atoms with Crippen LogP contribution in [0.25, 0.3) is 0 Å². The predicted octanol–water partition coefficient (Wildman–Crippen LogP) is 8.53. The van der Waals surface area contributed by atoms with E-state index in [9.17, 15) is 15.0 Å². The Balaban J connectivity index is 2.03. The number of hydrogen-bond acceptors (Lipinski definition) is 5. The maximum atomic E-state index is 13.3. The lowest BCUT2D eigenvalue weighted by molar-refractivity contribution is 0.0221. The first-order chi connectivity index (χ1) is 15.0. The summed E-state index contributed by atoms with van der Waals surface area (Å²) in [5.74, 6) is 0.284. The molecule has 0 saturated heterocycles. The molecule has 32 heavy (non-hydrogen) atoms. The van der Waals surface area contributed by atoms with Crippen molar-refractivity contribution in [3.8, 4) is 23.0 Å². The van der Waals surface area contributed by atoms with Crippen molar-refractivity contribution < 1.29 is 24.5 Å². The summed E-state index contributed by atoms with van der Waals surface area (Å²) in [5.41, 5.74) is 0.729. The monoisotopic (exact) mass is 1020 g/mol. The van der Waals surface area contributed by atoms with Crippen LogP contribution in [0.1, 0.15) is 27.0 Å². The van der Waals surface area contributed by atoms with Crippen LogP contribution < -0.4 is 4.74 Å². The number of esters is 1. The summed E-state index contributed by atoms with van der Waals surface area (Å²) in [6.45, 7) is 0. The van der Waals surface area contributed by atoms with Gasteiger partial charge in [-0.2, -0.15) is 0 Å². The molecule has 3 aromatic carbocycles. The third-order valence-electron chi connectivity index (χ3n) is 5.24. The van der Waals surface area contributed by atoms with E-state index >= 15 is 0 Å². The minimum absolute atomic E-state index is 0.0365. The van der Waals surface area contributed by atoms with Gasteiger partial charge in [0.25, 0.3) is 0 Å². The molecule has 0 amide bonds. The maximum absolute atomic E-state index is 13.3. The summed E-state index contributed by atoms with van der Waals surface area (Å²) in [6.07, 6.45) is 0. The van der Waals surface area contributed by atoms with Crippen LogP contribution >= 0.6 is 131 Å². The number of carbonyl (C=O) groups is 1. The molecule has 0 bridgehead atoms. The Morgan fingerprint density at radius 1 is 0.844 bits per heavy atom. The lowest BCUT2D eigenvalue weighted by Crippen LogP contribution is -2.34. The fraction of sp³-hybridized carbons (Fsp3) is 0.0500. The van der Waals surface area contributed by atoms with Gasteiger partial charge < -0.3 is 19.7 Å². The van der Waals surface area contributed by atoms with Gasteiger partial charge in [-0.15, -0.1) is 0 Å². The van der Waals surface area contributed by atoms with Crippen molar-refractivity contribution in [2.24, 2.45) is 0 Å². The molecule has 0 radical (unpaired) electrons. The van der Waals surface area contributed by atoms with E-state index in [2.05, 4.69) is 63.7 Å². The second kappa shape index (κ2) is 8.35. The standard InChI is InChI=1S/C20H5Br4I3O5/c21-12-10-11(13(22)15(24)14(12)23)20(32-19(10)30)4-1-6(25)8(28)3-9(4)31-18-5(20)2-7(26)17(29)16(18)27/h1-3,28-29H. The molecule has 3 aromatic rings. The average molecular weight is 1030 g/mol. The van der Waals surface area contributed by atoms with Crippen molar-refractivity contribution in [1.29, 1.82) is 0 Å². The lowest BCUT2D eigenvalue weighted by Gasteiger charge is -2.38. The molecular weight excluding hydrogens is 1020 g/mol. The van der Waals surface area contributed by atoms with E-state index in [0.717, 1.165) is 0 Å². The number of halogens is 7. The molecule has 1 unspecified atom stereocenters. The highest BCUT2D eigenvalue weighted by Crippen LogP contribution is 2.62. The molecule has 5 rings (SSSR count). The van der Waals surface area contributed by atoms with Crippen LogP contribution in [0.3, 0.4) is 0 Å². The second-order valence-electron chi connectivity index (χ2n) is 6.88. The number of aromatic hydroxyl groups is 2. The zero-order valence-corrected chi connectivity index (χ0v) is 27.8. The summed E-state index contributed by atoms with van der Waals surface area (Å²) >= 11 is 20.4. The van der Waals surface area contributed by atoms with Crippen molar-refractivity contribution in [3.63, 3.8) is 0 Å². The molecule has 0 aliphatic carbocycles. The maximum Gasteiger partial charge on any atom is 0.341 e. The Morgan fingerprint density at radius 3 is 2.16 bits per heavy atom. The molecular formula is C20H5Br4I3O5. The molecule has 5 nitrogen and oxygen atoms in total. The fourth-order valence-electron chi connectivity index (χ4n) is 3.88. The summed E-state index contributed by atoms with van der Waals surface area (Å²) in [7, 11) is 0. The fourth-order valence-corrected chi connectivity index (χ4v) is 8.70. The third-order valence-corrected chi connectivity index (χ3v) is 12.7. The lowest BCUT2D eigenvalue weighted by atomic mass is 9.77. The molecule has 2 heterocycles. The van der Waals surface area contributed by atoms with Crippen LogP contribution in [0.5, 0.6) is 23.0 Å². The largest absolute Gasteiger partial charge is 0.507 e. The number of phenolic OH excluding ortho intramolecular Hbond substituents is 2. The molecule has 0 saturated carbocycles. The smallest absolute Gasteiger partial charge is 0.341 e. The highest BCUT2D eigenvalue weighted by Gasteiger charge is 2.57. The van der Waals surface area contributed by atoms with E-state index < -0.39 is 11.6 Å². The van der Waals surface area contributed by atoms with Gasteiger partial charge in [0, 0.05) is 35.1 Å². The van der Waals surface area contributed by atoms with E-state index in [4.69, 9.17) is 9.47 Å². The quantitative estimate of drug-likeness (QED) is 0.102. The normalized spacial score (nSPS) is 18.2. The molecule has 1 spiro atoms. The number of rotatable bonds is 0. The highest BCUT2D eigenvalue weighted by atomic mass is 127. The molecule has 12 heteroatoms. The predicted molar refractivity (Wildman–Crippen MR) is 157 cm³/mol. The number of ether oxygens (including phenoxy) is 2. The van der Waals surface area contributed by atoms with Gasteiger partial charge in [0.1, 0.15) is 17.2 Å². The van der Waals surface area contributed by atoms with Gasteiger partial charge in [-0.05, 0) is 144 Å². The van der Waals surface area contributed by atoms with Crippen molar-refractivity contribution >= 4 is 137 Å². The van der Waals surface area contributed by atoms with Crippen molar-refractivity contribution in [2.45, 2.75) is 5.60 Å². The van der Waals surface area contributed by atoms with Gasteiger partial charge in [0.2, 0.25) is 0 Å². The Labute approximate surface area is 255 Å². The van der Waals surface area contributed by atoms with Crippen LogP contribution in [-0.4, -0.2) is 16.2 Å². The number of benzene rings is 3. The zero-order chi connectivity index (χ0) is 23.3. The number of phenols is 2. The zero-order valence-electron chi connectivity index (χ0n) is 15.0. The van der Waals surface area contributed by atoms with Crippen LogP contribution in [0.2, 0.25) is 0 Å². The van der Waals surface area contributed by atoms with Gasteiger partial charge in [0.05, 0.1) is 21.8 Å². The second-order valence-corrected chi connectivity index (χ2v) is 13.5. The van der Waals surface area contributed by atoms with Crippen LogP contribution in [0.15, 0.2) is 36.1 Å². The molecule has 0 fully saturated rings. The van der Waals surface area contributed by atoms with Crippen molar-refractivity contribution in [2.75, 3.05) is 0 Å². The minimum atomic E-state index is -1.37. The van der Waals surface area contributed by atoms with Gasteiger partial charge >= 0.3 is 5.97 Å². The van der Waals surface area contributed by atoms with Crippen LogP contribution in [0.4, 0.5) is 0 Å². The van der Waals surface area contributed by atoms with Gasteiger partial charge in [0.15, 0.2) is 11.4 Å². The molecule has 2 aliphatic heterocycles. The van der Waals surface area contributed by atoms with Gasteiger partial charge in [-0.25, -0.2) is 4.79 Å². The molecule has 1 atom stereocenters. The van der Waals surface area contributed by atoms with Gasteiger partial charge in [-0.3, -0.25) is 0 Å². The molecule has 2 aliphatic rings. The van der Waals surface area contributed by atoms with E-state index in [1.54, 1.807) is 12.1 Å². The summed E-state index contributed by atoms with van der Waals surface area (Å²) in [5, 5.41) is 21.0. The Kier molecular flexibility index (Phi) is 6.35. The van der Waals surface area contributed by atoms with E-state index in [0.29, 0.717) is 62.4 Å². The Bertz CT molecular complexity index is 1410. The van der Waals surface area contributed by atoms with E-state index in [1.807, 2.05) is 67.8 Å². The van der Waals surface area contributed by atoms with E-state index in [-0.39, 0.29) is 11.5 Å². The van der Waals surface area contributed by atoms with Gasteiger partial charge in [-0.1, -0.05) is 0 Å². The third kappa shape index (κ3) is 3.21. The summed E-state index contributed by atoms with van der Waals surface area (Å²) < 4.78 is 16.6. The first-order valence-electron chi connectivity index (χ1n) is 8.52.